The smallest absolute Gasteiger partial charge is 0.358 e. The van der Waals surface area contributed by atoms with E-state index in [9.17, 15) is 9.90 Å². The lowest BCUT2D eigenvalue weighted by Gasteiger charge is -2.24. The molecule has 10 heteroatoms. The van der Waals surface area contributed by atoms with Crippen molar-refractivity contribution in [2.24, 2.45) is 0 Å². The summed E-state index contributed by atoms with van der Waals surface area (Å²) in [6.45, 7) is 3.20. The average Bonchev–Trinajstić information content (AvgIpc) is 3.10. The molecule has 2 saturated heterocycles. The van der Waals surface area contributed by atoms with Crippen LogP contribution in [0.2, 0.25) is 0 Å². The molecule has 2 aliphatic rings. The standard InChI is InChI=1S/C13H16N4O6/c1-13(2)22-8-6(3-18)21-11(9(8)23-13)17-5-16-7(12(19)20)10(17)15-4-14/h5-6,8-9,11,15,18H,3H2,1-2H3,(H,19,20)/t6-,8-,9-,11-/m1/s1. The van der Waals surface area contributed by atoms with Gasteiger partial charge in [-0.05, 0) is 13.8 Å². The Morgan fingerprint density at radius 2 is 2.22 bits per heavy atom. The molecule has 0 unspecified atom stereocenters. The summed E-state index contributed by atoms with van der Waals surface area (Å²) < 4.78 is 18.6. The summed E-state index contributed by atoms with van der Waals surface area (Å²) in [6.07, 6.45) is 0.438. The number of anilines is 1. The molecule has 3 N–H and O–H groups in total. The zero-order chi connectivity index (χ0) is 16.8. The quantitative estimate of drug-likeness (QED) is 0.511. The number of aliphatic hydroxyl groups is 1. The second-order valence-corrected chi connectivity index (χ2v) is 5.70. The number of aliphatic hydroxyl groups excluding tert-OH is 1. The van der Waals surface area contributed by atoms with Gasteiger partial charge in [-0.15, -0.1) is 0 Å². The highest BCUT2D eigenvalue weighted by atomic mass is 16.8. The fourth-order valence-electron chi connectivity index (χ4n) is 2.92. The maximum atomic E-state index is 11.2. The van der Waals surface area contributed by atoms with Crippen LogP contribution < -0.4 is 5.32 Å². The van der Waals surface area contributed by atoms with E-state index in [-0.39, 0.29) is 18.1 Å². The van der Waals surface area contributed by atoms with Crippen molar-refractivity contribution in [2.75, 3.05) is 11.9 Å². The summed E-state index contributed by atoms with van der Waals surface area (Å²) in [4.78, 5) is 15.0. The lowest BCUT2D eigenvalue weighted by molar-refractivity contribution is -0.199. The highest BCUT2D eigenvalue weighted by Crippen LogP contribution is 2.44. The minimum absolute atomic E-state index is 0.0179. The second-order valence-electron chi connectivity index (χ2n) is 5.70. The molecule has 0 aliphatic carbocycles. The molecule has 124 valence electrons. The van der Waals surface area contributed by atoms with Gasteiger partial charge in [-0.2, -0.15) is 5.26 Å². The van der Waals surface area contributed by atoms with Crippen molar-refractivity contribution in [1.29, 1.82) is 5.26 Å². The van der Waals surface area contributed by atoms with E-state index in [0.717, 1.165) is 0 Å². The highest BCUT2D eigenvalue weighted by molar-refractivity contribution is 5.91. The topological polar surface area (TPSA) is 139 Å². The molecule has 0 saturated carbocycles. The molecule has 0 bridgehead atoms. The first-order valence-corrected chi connectivity index (χ1v) is 6.95. The fourth-order valence-corrected chi connectivity index (χ4v) is 2.92. The zero-order valence-corrected chi connectivity index (χ0v) is 12.5. The van der Waals surface area contributed by atoms with Gasteiger partial charge in [0.05, 0.1) is 12.9 Å². The lowest BCUT2D eigenvalue weighted by atomic mass is 10.1. The van der Waals surface area contributed by atoms with Crippen LogP contribution in [0.25, 0.3) is 0 Å². The molecular formula is C13H16N4O6. The van der Waals surface area contributed by atoms with E-state index >= 15 is 0 Å². The summed E-state index contributed by atoms with van der Waals surface area (Å²) in [5.41, 5.74) is -0.308. The van der Waals surface area contributed by atoms with E-state index in [2.05, 4.69) is 10.3 Å². The Morgan fingerprint density at radius 1 is 1.52 bits per heavy atom. The van der Waals surface area contributed by atoms with Crippen LogP contribution in [0.1, 0.15) is 30.6 Å². The summed E-state index contributed by atoms with van der Waals surface area (Å²) in [5.74, 6) is -2.15. The number of aromatic nitrogens is 2. The molecule has 0 amide bonds. The molecule has 0 aromatic carbocycles. The van der Waals surface area contributed by atoms with E-state index < -0.39 is 36.3 Å². The summed E-state index contributed by atoms with van der Waals surface area (Å²) in [6, 6.07) is 0. The number of nitrogens with one attached hydrogen (secondary N) is 1. The van der Waals surface area contributed by atoms with Crippen molar-refractivity contribution in [1.82, 2.24) is 9.55 Å². The summed E-state index contributed by atoms with van der Waals surface area (Å²) >= 11 is 0. The normalized spacial score (nSPS) is 31.6. The van der Waals surface area contributed by atoms with Crippen LogP contribution in [0.3, 0.4) is 0 Å². The van der Waals surface area contributed by atoms with Crippen LogP contribution in [-0.2, 0) is 14.2 Å². The number of carboxylic acid groups (broad SMARTS) is 1. The minimum Gasteiger partial charge on any atom is -0.476 e. The van der Waals surface area contributed by atoms with Gasteiger partial charge in [0.2, 0.25) is 0 Å². The number of aromatic carboxylic acids is 1. The number of fused-ring (bicyclic) bond motifs is 1. The van der Waals surface area contributed by atoms with Gasteiger partial charge in [0.1, 0.15) is 18.3 Å². The number of rotatable bonds is 4. The molecule has 23 heavy (non-hydrogen) atoms. The number of imidazole rings is 1. The van der Waals surface area contributed by atoms with Gasteiger partial charge in [0.15, 0.2) is 29.7 Å². The third-order valence-corrected chi connectivity index (χ3v) is 3.75. The molecular weight excluding hydrogens is 308 g/mol. The molecule has 0 spiro atoms. The van der Waals surface area contributed by atoms with Crippen LogP contribution in [-0.4, -0.2) is 56.4 Å². The molecule has 3 heterocycles. The van der Waals surface area contributed by atoms with Crippen LogP contribution >= 0.6 is 0 Å². The van der Waals surface area contributed by atoms with Gasteiger partial charge in [-0.3, -0.25) is 9.88 Å². The van der Waals surface area contributed by atoms with Crippen molar-refractivity contribution in [3.8, 4) is 6.19 Å². The molecule has 1 aromatic rings. The zero-order valence-electron chi connectivity index (χ0n) is 12.5. The molecule has 2 fully saturated rings. The Kier molecular flexibility index (Phi) is 3.73. The number of ether oxygens (including phenoxy) is 3. The molecule has 2 aliphatic heterocycles. The molecule has 4 atom stereocenters. The molecule has 0 radical (unpaired) electrons. The maximum Gasteiger partial charge on any atom is 0.358 e. The predicted molar refractivity (Wildman–Crippen MR) is 73.2 cm³/mol. The van der Waals surface area contributed by atoms with Crippen molar-refractivity contribution in [3.05, 3.63) is 12.0 Å². The Hall–Kier alpha value is -2.19. The second kappa shape index (κ2) is 5.47. The lowest BCUT2D eigenvalue weighted by Crippen LogP contribution is -2.31. The maximum absolute atomic E-state index is 11.2. The summed E-state index contributed by atoms with van der Waals surface area (Å²) in [5, 5.41) is 29.8. The summed E-state index contributed by atoms with van der Waals surface area (Å²) in [7, 11) is 0. The van der Waals surface area contributed by atoms with Gasteiger partial charge >= 0.3 is 5.97 Å². The van der Waals surface area contributed by atoms with E-state index in [1.807, 2.05) is 0 Å². The van der Waals surface area contributed by atoms with Crippen molar-refractivity contribution in [3.63, 3.8) is 0 Å². The molecule has 10 nitrogen and oxygen atoms in total. The van der Waals surface area contributed by atoms with E-state index in [1.165, 1.54) is 10.9 Å². The first-order chi connectivity index (χ1) is 10.9. The number of nitrogens with zero attached hydrogens (tertiary/aromatic N) is 3. The number of carboxylic acids is 1. The Balaban J connectivity index is 1.99. The van der Waals surface area contributed by atoms with E-state index in [1.54, 1.807) is 20.0 Å². The SMILES string of the molecule is CC1(C)O[C@@H]2[C@H](O1)[C@@H](CO)O[C@H]2n1cnc(C(=O)O)c1NC#N. The van der Waals surface area contributed by atoms with Gasteiger partial charge in [-0.25, -0.2) is 9.78 Å². The highest BCUT2D eigenvalue weighted by Gasteiger charge is 2.56. The molecule has 1 aromatic heterocycles. The van der Waals surface area contributed by atoms with Crippen molar-refractivity contribution < 1.29 is 29.2 Å². The van der Waals surface area contributed by atoms with Crippen molar-refractivity contribution in [2.45, 2.75) is 44.2 Å². The van der Waals surface area contributed by atoms with Crippen LogP contribution in [0.15, 0.2) is 6.33 Å². The Labute approximate surface area is 131 Å². The Morgan fingerprint density at radius 3 is 2.83 bits per heavy atom. The average molecular weight is 324 g/mol. The first kappa shape index (κ1) is 15.7. The van der Waals surface area contributed by atoms with Crippen LogP contribution in [0.4, 0.5) is 5.82 Å². The number of nitriles is 1. The minimum atomic E-state index is -1.28. The number of carbonyl (C=O) groups is 1. The van der Waals surface area contributed by atoms with Gasteiger partial charge in [0.25, 0.3) is 0 Å². The molecule has 3 rings (SSSR count). The predicted octanol–water partition coefficient (Wildman–Crippen LogP) is -0.116. The van der Waals surface area contributed by atoms with Gasteiger partial charge in [-0.1, -0.05) is 0 Å². The number of hydrogen-bond acceptors (Lipinski definition) is 8. The number of hydrogen-bond donors (Lipinski definition) is 3. The monoisotopic (exact) mass is 324 g/mol. The third-order valence-electron chi connectivity index (χ3n) is 3.75. The van der Waals surface area contributed by atoms with E-state index in [0.29, 0.717) is 0 Å². The van der Waals surface area contributed by atoms with Crippen molar-refractivity contribution >= 4 is 11.8 Å². The first-order valence-electron chi connectivity index (χ1n) is 6.95. The van der Waals surface area contributed by atoms with Gasteiger partial charge < -0.3 is 24.4 Å². The largest absolute Gasteiger partial charge is 0.476 e. The van der Waals surface area contributed by atoms with E-state index in [4.69, 9.17) is 24.6 Å². The van der Waals surface area contributed by atoms with Crippen LogP contribution in [0.5, 0.6) is 0 Å². The van der Waals surface area contributed by atoms with Crippen LogP contribution in [0, 0.1) is 11.5 Å². The fraction of sp³-hybridized carbons (Fsp3) is 0.615. The third kappa shape index (κ3) is 2.53. The van der Waals surface area contributed by atoms with Gasteiger partial charge in [0, 0.05) is 0 Å². The Bertz CT molecular complexity index is 666.